The lowest BCUT2D eigenvalue weighted by Crippen LogP contribution is -1.69. The van der Waals surface area contributed by atoms with Crippen LogP contribution in [0.1, 0.15) is 33.1 Å². The maximum atomic E-state index is 2.30. The molecular weight excluding hydrogens is 148 g/mol. The molecule has 0 aliphatic rings. The number of hydrogen-bond acceptors (Lipinski definition) is 2. The van der Waals surface area contributed by atoms with Gasteiger partial charge in [-0.3, -0.25) is 0 Å². The second kappa shape index (κ2) is 8.70. The molecule has 0 unspecified atom stereocenters. The predicted octanol–water partition coefficient (Wildman–Crippen LogP) is 3.74. The Kier molecular flexibility index (Phi) is 9.38. The topological polar surface area (TPSA) is 0 Å². The maximum absolute atomic E-state index is 2.30. The zero-order chi connectivity index (χ0) is 6.95. The summed E-state index contributed by atoms with van der Waals surface area (Å²) in [6, 6.07) is 0. The molecule has 0 bridgehead atoms. The average Bonchev–Trinajstić information content (AvgIpc) is 1.89. The van der Waals surface area contributed by atoms with Gasteiger partial charge >= 0.3 is 0 Å². The van der Waals surface area contributed by atoms with Crippen molar-refractivity contribution in [2.75, 3.05) is 5.75 Å². The lowest BCUT2D eigenvalue weighted by atomic mass is 10.3. The molecule has 0 saturated carbocycles. The lowest BCUT2D eigenvalue weighted by Gasteiger charge is -1.95. The van der Waals surface area contributed by atoms with Crippen LogP contribution in [-0.4, -0.2) is 5.75 Å². The van der Waals surface area contributed by atoms with Crippen molar-refractivity contribution in [3.05, 3.63) is 5.75 Å². The molecule has 0 rings (SSSR count). The summed E-state index contributed by atoms with van der Waals surface area (Å²) in [5.74, 6) is 3.52. The molecule has 0 nitrogen and oxygen atoms in total. The predicted molar refractivity (Wildman–Crippen MR) is 49.5 cm³/mol. The van der Waals surface area contributed by atoms with Crippen LogP contribution >= 0.6 is 21.6 Å². The molecule has 0 aliphatic carbocycles. The van der Waals surface area contributed by atoms with Crippen molar-refractivity contribution in [2.24, 2.45) is 0 Å². The summed E-state index contributed by atoms with van der Waals surface area (Å²) >= 11 is 0. The highest BCUT2D eigenvalue weighted by molar-refractivity contribution is 8.77. The zero-order valence-corrected chi connectivity index (χ0v) is 7.86. The van der Waals surface area contributed by atoms with Crippen molar-refractivity contribution < 1.29 is 0 Å². The van der Waals surface area contributed by atoms with Crippen LogP contribution in [-0.2, 0) is 0 Å². The molecule has 0 heterocycles. The van der Waals surface area contributed by atoms with Gasteiger partial charge < -0.3 is 0 Å². The molecule has 0 N–H and O–H groups in total. The Morgan fingerprint density at radius 1 is 1.33 bits per heavy atom. The average molecular weight is 163 g/mol. The normalized spacial score (nSPS) is 10.0. The van der Waals surface area contributed by atoms with Gasteiger partial charge in [0.15, 0.2) is 0 Å². The molecule has 0 saturated heterocycles. The summed E-state index contributed by atoms with van der Waals surface area (Å²) < 4.78 is 0. The summed E-state index contributed by atoms with van der Waals surface area (Å²) in [6.45, 7) is 4.41. The van der Waals surface area contributed by atoms with E-state index in [2.05, 4.69) is 19.6 Å². The van der Waals surface area contributed by atoms with E-state index in [4.69, 9.17) is 0 Å². The second-order valence-corrected chi connectivity index (χ2v) is 4.43. The third-order valence-corrected chi connectivity index (χ3v) is 3.20. The molecule has 0 aromatic carbocycles. The van der Waals surface area contributed by atoms with E-state index in [-0.39, 0.29) is 0 Å². The standard InChI is InChI=1S/C7H15S2/c1-3-5-6-7-9-8-4-2/h7H,3-6H2,1-2H3. The Morgan fingerprint density at radius 2 is 2.11 bits per heavy atom. The third kappa shape index (κ3) is 8.70. The Labute approximate surface area is 66.6 Å². The lowest BCUT2D eigenvalue weighted by molar-refractivity contribution is 0.807. The van der Waals surface area contributed by atoms with E-state index in [1.54, 1.807) is 0 Å². The molecule has 0 amide bonds. The minimum absolute atomic E-state index is 1.22. The Morgan fingerprint density at radius 3 is 2.67 bits per heavy atom. The first-order valence-electron chi connectivity index (χ1n) is 3.51. The first kappa shape index (κ1) is 9.70. The van der Waals surface area contributed by atoms with Crippen LogP contribution < -0.4 is 0 Å². The van der Waals surface area contributed by atoms with Gasteiger partial charge in [-0.1, -0.05) is 48.3 Å². The van der Waals surface area contributed by atoms with E-state index >= 15 is 0 Å². The molecule has 1 radical (unpaired) electrons. The van der Waals surface area contributed by atoms with Crippen molar-refractivity contribution in [1.82, 2.24) is 0 Å². The van der Waals surface area contributed by atoms with Gasteiger partial charge in [-0.05, 0) is 6.42 Å². The Bertz CT molecular complexity index is 40.2. The van der Waals surface area contributed by atoms with Gasteiger partial charge in [0.25, 0.3) is 0 Å². The van der Waals surface area contributed by atoms with Gasteiger partial charge in [-0.15, -0.1) is 0 Å². The fourth-order valence-corrected chi connectivity index (χ4v) is 1.93. The molecule has 55 valence electrons. The minimum atomic E-state index is 1.22. The monoisotopic (exact) mass is 163 g/mol. The third-order valence-electron chi connectivity index (χ3n) is 0.929. The van der Waals surface area contributed by atoms with E-state index in [1.165, 1.54) is 25.0 Å². The number of unbranched alkanes of at least 4 members (excludes halogenated alkanes) is 2. The van der Waals surface area contributed by atoms with E-state index in [1.807, 2.05) is 21.6 Å². The highest BCUT2D eigenvalue weighted by Crippen LogP contribution is 2.25. The molecule has 2 heteroatoms. The highest BCUT2D eigenvalue weighted by Gasteiger charge is 1.87. The molecule has 0 atom stereocenters. The summed E-state index contributed by atoms with van der Waals surface area (Å²) in [6.07, 6.45) is 3.93. The first-order chi connectivity index (χ1) is 4.41. The highest BCUT2D eigenvalue weighted by atomic mass is 33.1. The number of rotatable bonds is 6. The van der Waals surface area contributed by atoms with Gasteiger partial charge in [0.1, 0.15) is 0 Å². The first-order valence-corrected chi connectivity index (χ1v) is 5.90. The largest absolute Gasteiger partial charge is 0.0941 e. The van der Waals surface area contributed by atoms with Gasteiger partial charge in [-0.2, -0.15) is 0 Å². The SMILES string of the molecule is CCCC[CH]SSCC. The van der Waals surface area contributed by atoms with Gasteiger partial charge in [0.2, 0.25) is 0 Å². The van der Waals surface area contributed by atoms with Crippen molar-refractivity contribution >= 4 is 21.6 Å². The van der Waals surface area contributed by atoms with Crippen molar-refractivity contribution in [1.29, 1.82) is 0 Å². The Balaban J connectivity index is 2.60. The number of hydrogen-bond donors (Lipinski definition) is 0. The summed E-state index contributed by atoms with van der Waals surface area (Å²) in [5, 5.41) is 0. The van der Waals surface area contributed by atoms with Crippen LogP contribution in [0, 0.1) is 5.75 Å². The summed E-state index contributed by atoms with van der Waals surface area (Å²) in [5.41, 5.74) is 0. The van der Waals surface area contributed by atoms with Crippen LogP contribution in [0.4, 0.5) is 0 Å². The quantitative estimate of drug-likeness (QED) is 0.432. The Hall–Kier alpha value is 0.700. The van der Waals surface area contributed by atoms with Gasteiger partial charge in [0.05, 0.1) is 0 Å². The van der Waals surface area contributed by atoms with Crippen molar-refractivity contribution in [2.45, 2.75) is 33.1 Å². The fourth-order valence-electron chi connectivity index (χ4n) is 0.452. The van der Waals surface area contributed by atoms with Gasteiger partial charge in [-0.25, -0.2) is 0 Å². The van der Waals surface area contributed by atoms with Crippen LogP contribution in [0.2, 0.25) is 0 Å². The van der Waals surface area contributed by atoms with Gasteiger partial charge in [0, 0.05) is 11.5 Å². The van der Waals surface area contributed by atoms with Crippen LogP contribution in [0.25, 0.3) is 0 Å². The van der Waals surface area contributed by atoms with Crippen molar-refractivity contribution in [3.8, 4) is 0 Å². The molecule has 0 aliphatic heterocycles. The summed E-state index contributed by atoms with van der Waals surface area (Å²) in [7, 11) is 3.80. The molecule has 0 aromatic heterocycles. The fraction of sp³-hybridized carbons (Fsp3) is 0.857. The molecule has 0 spiro atoms. The minimum Gasteiger partial charge on any atom is -0.0941 e. The van der Waals surface area contributed by atoms with E-state index in [9.17, 15) is 0 Å². The maximum Gasteiger partial charge on any atom is 0.0278 e. The van der Waals surface area contributed by atoms with E-state index < -0.39 is 0 Å². The summed E-state index contributed by atoms with van der Waals surface area (Å²) in [4.78, 5) is 0. The smallest absolute Gasteiger partial charge is 0.0278 e. The molecule has 9 heavy (non-hydrogen) atoms. The zero-order valence-electron chi connectivity index (χ0n) is 6.22. The molecule has 0 aromatic rings. The second-order valence-electron chi connectivity index (χ2n) is 1.81. The molecular formula is C7H15S2. The van der Waals surface area contributed by atoms with E-state index in [0.29, 0.717) is 0 Å². The van der Waals surface area contributed by atoms with Crippen LogP contribution in [0.5, 0.6) is 0 Å². The van der Waals surface area contributed by atoms with Crippen LogP contribution in [0.15, 0.2) is 0 Å². The molecule has 0 fully saturated rings. The van der Waals surface area contributed by atoms with E-state index in [0.717, 1.165) is 0 Å². The van der Waals surface area contributed by atoms with Crippen molar-refractivity contribution in [3.63, 3.8) is 0 Å². The van der Waals surface area contributed by atoms with Crippen LogP contribution in [0.3, 0.4) is 0 Å².